The molecule has 2 fully saturated rings. The lowest BCUT2D eigenvalue weighted by molar-refractivity contribution is -0.137. The van der Waals surface area contributed by atoms with E-state index in [9.17, 15) is 14.7 Å². The number of aromatic nitrogens is 9. The molecule has 22 nitrogen and oxygen atoms in total. The Kier molecular flexibility index (Phi) is 22.7. The number of anilines is 3. The number of benzene rings is 1. The largest absolute Gasteiger partial charge is 1.00 e. The zero-order valence-electron chi connectivity index (χ0n) is 42.9. The van der Waals surface area contributed by atoms with E-state index in [0.29, 0.717) is 134 Å². The van der Waals surface area contributed by atoms with Crippen molar-refractivity contribution in [3.63, 3.8) is 0 Å². The van der Waals surface area contributed by atoms with Crippen molar-refractivity contribution >= 4 is 29.7 Å². The molecule has 6 N–H and O–H groups in total. The van der Waals surface area contributed by atoms with Gasteiger partial charge < -0.3 is 68.1 Å². The van der Waals surface area contributed by atoms with Crippen LogP contribution >= 0.6 is 0 Å². The van der Waals surface area contributed by atoms with Crippen molar-refractivity contribution in [3.05, 3.63) is 53.6 Å². The van der Waals surface area contributed by atoms with Crippen molar-refractivity contribution < 1.29 is 41.3 Å². The summed E-state index contributed by atoms with van der Waals surface area (Å²) in [7, 11) is 0. The first-order chi connectivity index (χ1) is 34.3. The van der Waals surface area contributed by atoms with Crippen molar-refractivity contribution in [3.8, 4) is 18.1 Å². The molecule has 0 aliphatic carbocycles. The molecule has 0 spiro atoms. The number of nitrogens with zero attached hydrogens (tertiary/aromatic N) is 13. The molecule has 72 heavy (non-hydrogen) atoms. The number of nitrogens with one attached hydrogen (secondary N) is 1. The first-order valence-electron chi connectivity index (χ1n) is 25.2. The van der Waals surface area contributed by atoms with Gasteiger partial charge in [-0.3, -0.25) is 9.59 Å². The number of carbonyl (C=O) groups excluding carboxylic acids is 2. The minimum Gasteiger partial charge on any atom is -1.00 e. The van der Waals surface area contributed by atoms with E-state index < -0.39 is 12.1 Å². The summed E-state index contributed by atoms with van der Waals surface area (Å²) < 4.78 is 19.9. The van der Waals surface area contributed by atoms with E-state index in [1.807, 2.05) is 28.1 Å². The maximum atomic E-state index is 14.5. The Labute approximate surface area is 430 Å². The molecule has 396 valence electrons. The maximum Gasteiger partial charge on any atom is 0.247 e. The third-order valence-corrected chi connectivity index (χ3v) is 13.3. The van der Waals surface area contributed by atoms with Crippen LogP contribution < -0.4 is 39.0 Å². The number of amides is 2. The van der Waals surface area contributed by atoms with Gasteiger partial charge in [-0.15, -0.1) is 16.6 Å². The highest BCUT2D eigenvalue weighted by molar-refractivity contribution is 5.81. The second kappa shape index (κ2) is 28.5. The van der Waals surface area contributed by atoms with Gasteiger partial charge in [-0.2, -0.15) is 15.0 Å². The summed E-state index contributed by atoms with van der Waals surface area (Å²) in [5.74, 6) is 4.40. The Hall–Kier alpha value is -5.70. The van der Waals surface area contributed by atoms with Crippen LogP contribution in [0.4, 0.5) is 17.8 Å². The lowest BCUT2D eigenvalue weighted by atomic mass is 9.97. The Morgan fingerprint density at radius 2 is 1.28 bits per heavy atom. The van der Waals surface area contributed by atoms with E-state index in [-0.39, 0.29) is 60.5 Å². The molecule has 3 aromatic heterocycles. The van der Waals surface area contributed by atoms with Gasteiger partial charge in [0.1, 0.15) is 24.4 Å². The van der Waals surface area contributed by atoms with Gasteiger partial charge in [-0.25, -0.2) is 9.36 Å². The summed E-state index contributed by atoms with van der Waals surface area (Å²) in [6.07, 6.45) is 11.6. The van der Waals surface area contributed by atoms with Gasteiger partial charge in [0.2, 0.25) is 29.7 Å². The van der Waals surface area contributed by atoms with E-state index >= 15 is 0 Å². The van der Waals surface area contributed by atoms with Crippen LogP contribution in [0.1, 0.15) is 102 Å². The number of carbonyl (C=O) groups is 2. The van der Waals surface area contributed by atoms with Crippen molar-refractivity contribution in [2.24, 2.45) is 29.2 Å². The summed E-state index contributed by atoms with van der Waals surface area (Å²) in [6, 6.07) is 5.06. The molecule has 0 saturated carbocycles. The normalized spacial score (nSPS) is 16.7. The van der Waals surface area contributed by atoms with Gasteiger partial charge in [0.05, 0.1) is 68.9 Å². The molecule has 2 amide bonds. The number of halogens is 1. The van der Waals surface area contributed by atoms with Crippen LogP contribution in [-0.2, 0) is 30.2 Å². The quantitative estimate of drug-likeness (QED) is 0.0454. The number of aromatic hydroxyl groups is 1. The van der Waals surface area contributed by atoms with Gasteiger partial charge in [0.25, 0.3) is 0 Å². The third kappa shape index (κ3) is 15.9. The number of hydrogen-bond acceptors (Lipinski definition) is 18. The van der Waals surface area contributed by atoms with E-state index in [4.69, 9.17) is 47.1 Å². The fraction of sp³-hybridized carbons (Fsp3) is 0.653. The van der Waals surface area contributed by atoms with Gasteiger partial charge in [0, 0.05) is 65.3 Å². The lowest BCUT2D eigenvalue weighted by Gasteiger charge is -2.38. The van der Waals surface area contributed by atoms with Crippen LogP contribution in [0.2, 0.25) is 0 Å². The number of rotatable bonds is 27. The van der Waals surface area contributed by atoms with Crippen LogP contribution in [0.5, 0.6) is 5.75 Å². The molecule has 5 heterocycles. The van der Waals surface area contributed by atoms with Gasteiger partial charge in [-0.1, -0.05) is 82.9 Å². The molecule has 6 rings (SSSR count). The summed E-state index contributed by atoms with van der Waals surface area (Å²) >= 11 is 0. The van der Waals surface area contributed by atoms with Crippen molar-refractivity contribution in [2.45, 2.75) is 91.4 Å². The number of terminal acetylenes is 1. The SMILES string of the molecule is C#CCOCCOCCOCCNc1nc(N2CCN(C(=O)[C@H]([C@@H](C)CC)n3cc([C@@H](N)CC(C)C)nn3)CC2)nc(N2CCN(C(=O)[C@H](Cc3ccc(O)cc3)n3cc([C@@H](N)C(C)CC)nn3)CC2)n1.[Cl-]. The van der Waals surface area contributed by atoms with Crippen molar-refractivity contribution in [1.29, 1.82) is 0 Å². The highest BCUT2D eigenvalue weighted by Crippen LogP contribution is 2.28. The average molecular weight is 1020 g/mol. The number of phenolic OH excluding ortho intramolecular Hbond substituents is 1. The Morgan fingerprint density at radius 3 is 1.86 bits per heavy atom. The summed E-state index contributed by atoms with van der Waals surface area (Å²) in [4.78, 5) is 51.4. The minimum absolute atomic E-state index is 0. The Morgan fingerprint density at radius 1 is 0.736 bits per heavy atom. The molecular formula is C49H76ClN16O6-. The van der Waals surface area contributed by atoms with E-state index in [1.54, 1.807) is 27.7 Å². The molecule has 1 unspecified atom stereocenters. The third-order valence-electron chi connectivity index (χ3n) is 13.3. The fourth-order valence-electron chi connectivity index (χ4n) is 8.53. The smallest absolute Gasteiger partial charge is 0.247 e. The topological polar surface area (TPSA) is 259 Å². The first kappa shape index (κ1) is 57.2. The molecular weight excluding hydrogens is 944 g/mol. The molecule has 0 radical (unpaired) electrons. The number of piperazine rings is 2. The average Bonchev–Trinajstić information content (AvgIpc) is 4.08. The fourth-order valence-corrected chi connectivity index (χ4v) is 8.53. The van der Waals surface area contributed by atoms with Crippen LogP contribution in [0.15, 0.2) is 36.7 Å². The van der Waals surface area contributed by atoms with Gasteiger partial charge >= 0.3 is 0 Å². The number of hydrogen-bond donors (Lipinski definition) is 4. The summed E-state index contributed by atoms with van der Waals surface area (Å²) in [6.45, 7) is 18.9. The van der Waals surface area contributed by atoms with E-state index in [2.05, 4.69) is 83.2 Å². The molecule has 23 heteroatoms. The van der Waals surface area contributed by atoms with Gasteiger partial charge in [0.15, 0.2) is 0 Å². The lowest BCUT2D eigenvalue weighted by Crippen LogP contribution is -3.00. The number of nitrogens with two attached hydrogens (primary N) is 2. The number of phenols is 1. The molecule has 1 aromatic carbocycles. The van der Waals surface area contributed by atoms with Crippen LogP contribution in [-0.4, -0.2) is 170 Å². The molecule has 2 saturated heterocycles. The van der Waals surface area contributed by atoms with Gasteiger partial charge in [-0.05, 0) is 41.9 Å². The second-order valence-corrected chi connectivity index (χ2v) is 18.9. The maximum absolute atomic E-state index is 14.5. The van der Waals surface area contributed by atoms with Crippen LogP contribution in [0, 0.1) is 30.1 Å². The van der Waals surface area contributed by atoms with E-state index in [0.717, 1.165) is 24.8 Å². The summed E-state index contributed by atoms with van der Waals surface area (Å²) in [5, 5.41) is 30.9. The molecule has 2 aliphatic heterocycles. The predicted octanol–water partition coefficient (Wildman–Crippen LogP) is 0.0195. The minimum atomic E-state index is -0.689. The van der Waals surface area contributed by atoms with Crippen LogP contribution in [0.3, 0.4) is 0 Å². The molecule has 6 atom stereocenters. The Balaban J connectivity index is 0.00000963. The monoisotopic (exact) mass is 1020 g/mol. The zero-order valence-corrected chi connectivity index (χ0v) is 43.6. The Bertz CT molecular complexity index is 2300. The van der Waals surface area contributed by atoms with Crippen LogP contribution in [0.25, 0.3) is 0 Å². The predicted molar refractivity (Wildman–Crippen MR) is 269 cm³/mol. The van der Waals surface area contributed by atoms with Crippen molar-refractivity contribution in [2.75, 3.05) is 114 Å². The van der Waals surface area contributed by atoms with Crippen molar-refractivity contribution in [1.82, 2.24) is 54.7 Å². The highest BCUT2D eigenvalue weighted by atomic mass is 35.5. The standard InChI is InChI=1S/C49H76N16O6.ClH/c1-8-24-69-26-28-71-29-27-70-25-15-52-47-53-48(55-49(54-47)63-22-18-61(19-23-63)46(68)44(36(7)10-3)65-32-40(56-59-65)39(50)30-34(4)5)62-20-16-60(17-21-62)45(67)42(31-37-11-13-38(66)14-12-37)64-33-41(57-58-64)43(51)35(6)9-2;/h1,11-14,32-36,39,42-44,66H,9-10,15-31,50-51H2,2-7H3,(H,52,53,54,55);1H/p-1/t35?,36-,39-,42-,43-,44-;/m0./s1. The molecule has 4 aromatic rings. The molecule has 2 aliphatic rings. The number of ether oxygens (including phenoxy) is 3. The summed E-state index contributed by atoms with van der Waals surface area (Å²) in [5.41, 5.74) is 15.2. The highest BCUT2D eigenvalue weighted by Gasteiger charge is 2.35. The van der Waals surface area contributed by atoms with E-state index in [1.165, 1.54) is 0 Å². The second-order valence-electron chi connectivity index (χ2n) is 18.9. The zero-order chi connectivity index (χ0) is 50.9. The molecule has 0 bridgehead atoms. The first-order valence-corrected chi connectivity index (χ1v) is 25.2.